The lowest BCUT2D eigenvalue weighted by molar-refractivity contribution is 0.669. The fourth-order valence-electron chi connectivity index (χ4n) is 9.03. The van der Waals surface area contributed by atoms with E-state index in [0.29, 0.717) is 22.5 Å². The molecule has 0 N–H and O–H groups in total. The van der Waals surface area contributed by atoms with Crippen molar-refractivity contribution in [2.24, 2.45) is 0 Å². The quantitative estimate of drug-likeness (QED) is 0.113. The second-order valence-corrected chi connectivity index (χ2v) is 19.5. The van der Waals surface area contributed by atoms with E-state index in [1.165, 1.54) is 20.7 Å². The minimum atomic E-state index is -2.71. The van der Waals surface area contributed by atoms with Crippen LogP contribution in [0.3, 0.4) is 0 Å². The molecule has 0 aliphatic heterocycles. The van der Waals surface area contributed by atoms with Crippen molar-refractivity contribution in [1.29, 1.82) is 0 Å². The fourth-order valence-corrected chi connectivity index (χ4v) is 13.9. The summed E-state index contributed by atoms with van der Waals surface area (Å²) in [4.78, 5) is 15.6. The van der Waals surface area contributed by atoms with Gasteiger partial charge in [-0.05, 0) is 66.9 Å². The molecule has 11 rings (SSSR count). The molecule has 0 spiro atoms. The predicted octanol–water partition coefficient (Wildman–Crippen LogP) is 11.6. The summed E-state index contributed by atoms with van der Waals surface area (Å²) < 4.78 is 6.29. The third-order valence-corrected chi connectivity index (χ3v) is 16.8. The zero-order chi connectivity index (χ0) is 40.8. The molecule has 4 nitrogen and oxygen atoms in total. The third-order valence-electron chi connectivity index (χ3n) is 11.8. The van der Waals surface area contributed by atoms with Gasteiger partial charge in [-0.3, -0.25) is 0 Å². The average Bonchev–Trinajstić information content (AvgIpc) is 3.71. The highest BCUT2D eigenvalue weighted by Gasteiger charge is 2.41. The molecule has 2 aromatic heterocycles. The molecule has 0 bridgehead atoms. The van der Waals surface area contributed by atoms with Gasteiger partial charge >= 0.3 is 0 Å². The molecule has 61 heavy (non-hydrogen) atoms. The number of aromatic nitrogens is 3. The number of nitrogens with zero attached hydrogens (tertiary/aromatic N) is 3. The van der Waals surface area contributed by atoms with Crippen LogP contribution in [0.15, 0.2) is 223 Å². The molecule has 11 aromatic rings. The first kappa shape index (κ1) is 36.6. The van der Waals surface area contributed by atoms with Crippen LogP contribution in [0.1, 0.15) is 0 Å². The SMILES string of the molecule is Clc1ccc2c(c1)oc1cccc(-c3ccc(-c4nc(-c5ccccc5)nc(-c5ccc([Si](c6ccccc6)(c6ccccc6)c6ccccc6)cc5)n4)c4ccccc34)c12. The first-order chi connectivity index (χ1) is 30.1. The zero-order valence-corrected chi connectivity index (χ0v) is 34.7. The van der Waals surface area contributed by atoms with Gasteiger partial charge in [-0.1, -0.05) is 200 Å². The largest absolute Gasteiger partial charge is 0.456 e. The van der Waals surface area contributed by atoms with Crippen molar-refractivity contribution in [3.8, 4) is 45.3 Å². The number of rotatable bonds is 8. The maximum Gasteiger partial charge on any atom is 0.179 e. The van der Waals surface area contributed by atoms with E-state index in [1.807, 2.05) is 48.5 Å². The van der Waals surface area contributed by atoms with Crippen molar-refractivity contribution in [1.82, 2.24) is 15.0 Å². The number of hydrogen-bond donors (Lipinski definition) is 0. The zero-order valence-electron chi connectivity index (χ0n) is 32.9. The fraction of sp³-hybridized carbons (Fsp3) is 0. The molecule has 9 aromatic carbocycles. The summed E-state index contributed by atoms with van der Waals surface area (Å²) >= 11 is 6.38. The van der Waals surface area contributed by atoms with Crippen LogP contribution >= 0.6 is 11.6 Å². The van der Waals surface area contributed by atoms with Gasteiger partial charge in [0.05, 0.1) is 0 Å². The molecular formula is C55H36ClN3OSi. The van der Waals surface area contributed by atoms with Crippen LogP contribution in [0.25, 0.3) is 78.0 Å². The Morgan fingerprint density at radius 2 is 0.836 bits per heavy atom. The first-order valence-electron chi connectivity index (χ1n) is 20.4. The molecule has 0 unspecified atom stereocenters. The van der Waals surface area contributed by atoms with Crippen LogP contribution < -0.4 is 20.7 Å². The van der Waals surface area contributed by atoms with Crippen molar-refractivity contribution in [2.75, 3.05) is 0 Å². The van der Waals surface area contributed by atoms with Crippen LogP contribution in [0.5, 0.6) is 0 Å². The summed E-state index contributed by atoms with van der Waals surface area (Å²) in [5.74, 6) is 1.84. The summed E-state index contributed by atoms with van der Waals surface area (Å²) in [5, 5.41) is 10.1. The normalized spacial score (nSPS) is 11.7. The van der Waals surface area contributed by atoms with Gasteiger partial charge in [0.25, 0.3) is 0 Å². The smallest absolute Gasteiger partial charge is 0.179 e. The van der Waals surface area contributed by atoms with E-state index in [1.54, 1.807) is 0 Å². The number of furan rings is 1. The Hall–Kier alpha value is -7.44. The van der Waals surface area contributed by atoms with E-state index in [-0.39, 0.29) is 0 Å². The minimum absolute atomic E-state index is 0.610. The van der Waals surface area contributed by atoms with Crippen LogP contribution in [0.4, 0.5) is 0 Å². The predicted molar refractivity (Wildman–Crippen MR) is 255 cm³/mol. The highest BCUT2D eigenvalue weighted by Crippen LogP contribution is 2.42. The molecule has 0 saturated heterocycles. The monoisotopic (exact) mass is 817 g/mol. The van der Waals surface area contributed by atoms with E-state index < -0.39 is 8.07 Å². The van der Waals surface area contributed by atoms with E-state index in [2.05, 4.69) is 170 Å². The van der Waals surface area contributed by atoms with Gasteiger partial charge in [-0.2, -0.15) is 0 Å². The maximum absolute atomic E-state index is 6.38. The molecule has 0 atom stereocenters. The Balaban J connectivity index is 1.08. The van der Waals surface area contributed by atoms with Crippen LogP contribution in [-0.2, 0) is 0 Å². The van der Waals surface area contributed by atoms with Crippen LogP contribution in [-0.4, -0.2) is 23.0 Å². The molecular weight excluding hydrogens is 782 g/mol. The topological polar surface area (TPSA) is 51.8 Å². The Morgan fingerprint density at radius 3 is 1.44 bits per heavy atom. The molecule has 0 saturated carbocycles. The minimum Gasteiger partial charge on any atom is -0.456 e. The van der Waals surface area contributed by atoms with E-state index in [4.69, 9.17) is 31.0 Å². The third kappa shape index (κ3) is 6.34. The van der Waals surface area contributed by atoms with Gasteiger partial charge in [0.1, 0.15) is 11.2 Å². The van der Waals surface area contributed by atoms with E-state index >= 15 is 0 Å². The number of halogens is 1. The summed E-state index contributed by atoms with van der Waals surface area (Å²) in [5.41, 5.74) is 6.54. The van der Waals surface area contributed by atoms with Gasteiger partial charge in [-0.25, -0.2) is 15.0 Å². The standard InChI is InChI=1S/C55H36ClN3OSi/c56-39-30-33-49-51(36-39)60-50-27-15-26-47(52(49)50)46-34-35-48(45-25-14-13-24-44(45)46)55-58-53(37-16-5-1-6-17-37)57-54(59-55)38-28-31-43(32-29-38)61(40-18-7-2-8-19-40,41-20-9-3-10-21-41)42-22-11-4-12-23-42/h1-36H. The van der Waals surface area contributed by atoms with Gasteiger partial charge in [-0.15, -0.1) is 0 Å². The summed E-state index contributed by atoms with van der Waals surface area (Å²) in [7, 11) is -2.71. The molecule has 2 heterocycles. The number of hydrogen-bond acceptors (Lipinski definition) is 4. The average molecular weight is 818 g/mol. The maximum atomic E-state index is 6.38. The Bertz CT molecular complexity index is 3260. The number of fused-ring (bicyclic) bond motifs is 4. The van der Waals surface area contributed by atoms with Gasteiger partial charge in [0.15, 0.2) is 25.5 Å². The van der Waals surface area contributed by atoms with Gasteiger partial charge in [0.2, 0.25) is 0 Å². The summed E-state index contributed by atoms with van der Waals surface area (Å²) in [6, 6.07) is 76.9. The second kappa shape index (κ2) is 15.3. The Morgan fingerprint density at radius 1 is 0.344 bits per heavy atom. The molecule has 0 aliphatic carbocycles. The number of benzene rings is 9. The molecule has 0 aliphatic rings. The molecule has 0 amide bonds. The first-order valence-corrected chi connectivity index (χ1v) is 22.8. The molecule has 288 valence electrons. The molecule has 6 heteroatoms. The summed E-state index contributed by atoms with van der Waals surface area (Å²) in [6.07, 6.45) is 0. The molecule has 0 radical (unpaired) electrons. The van der Waals surface area contributed by atoms with Crippen molar-refractivity contribution in [3.63, 3.8) is 0 Å². The highest BCUT2D eigenvalue weighted by molar-refractivity contribution is 7.19. The van der Waals surface area contributed by atoms with Crippen molar-refractivity contribution < 1.29 is 4.42 Å². The second-order valence-electron chi connectivity index (χ2n) is 15.2. The van der Waals surface area contributed by atoms with Crippen molar-refractivity contribution >= 4 is 73.1 Å². The van der Waals surface area contributed by atoms with E-state index in [9.17, 15) is 0 Å². The lowest BCUT2D eigenvalue weighted by atomic mass is 9.92. The summed E-state index contributed by atoms with van der Waals surface area (Å²) in [6.45, 7) is 0. The Labute approximate surface area is 359 Å². The lowest BCUT2D eigenvalue weighted by Crippen LogP contribution is -2.74. The Kier molecular flexibility index (Phi) is 9.19. The van der Waals surface area contributed by atoms with Crippen molar-refractivity contribution in [3.05, 3.63) is 223 Å². The lowest BCUT2D eigenvalue weighted by Gasteiger charge is -2.34. The van der Waals surface area contributed by atoms with E-state index in [0.717, 1.165) is 60.5 Å². The van der Waals surface area contributed by atoms with Crippen LogP contribution in [0, 0.1) is 0 Å². The molecule has 0 fully saturated rings. The van der Waals surface area contributed by atoms with Crippen LogP contribution in [0.2, 0.25) is 5.02 Å². The van der Waals surface area contributed by atoms with Gasteiger partial charge < -0.3 is 4.42 Å². The van der Waals surface area contributed by atoms with Gasteiger partial charge in [0, 0.05) is 38.6 Å². The van der Waals surface area contributed by atoms with Crippen molar-refractivity contribution in [2.45, 2.75) is 0 Å². The highest BCUT2D eigenvalue weighted by atomic mass is 35.5.